The van der Waals surface area contributed by atoms with E-state index in [4.69, 9.17) is 9.72 Å². The molecule has 5 heterocycles. The molecular weight excluding hydrogens is 543 g/mol. The SMILES string of the molecule is N#CC[C@@H]1C[C@H]2C[C@@H]1CN(c1nc(OCC34CCCN3CCC4)nc3c(F)c(-c4cc(O)cc5ccccc45)ncc13)C2. The lowest BCUT2D eigenvalue weighted by atomic mass is 9.92. The summed E-state index contributed by atoms with van der Waals surface area (Å²) in [6.07, 6.45) is 8.92. The van der Waals surface area contributed by atoms with Gasteiger partial charge < -0.3 is 14.7 Å². The van der Waals surface area contributed by atoms with Crippen LogP contribution in [0.1, 0.15) is 44.9 Å². The molecule has 8 rings (SSSR count). The molecule has 3 saturated heterocycles. The van der Waals surface area contributed by atoms with Crippen molar-refractivity contribution in [1.29, 1.82) is 5.26 Å². The van der Waals surface area contributed by atoms with Gasteiger partial charge in [0.05, 0.1) is 17.0 Å². The summed E-state index contributed by atoms with van der Waals surface area (Å²) >= 11 is 0. The van der Waals surface area contributed by atoms with Gasteiger partial charge in [0, 0.05) is 31.3 Å². The molecule has 2 aromatic carbocycles. The topological polar surface area (TPSA) is 98.4 Å². The predicted molar refractivity (Wildman–Crippen MR) is 162 cm³/mol. The summed E-state index contributed by atoms with van der Waals surface area (Å²) in [7, 11) is 0. The van der Waals surface area contributed by atoms with Gasteiger partial charge in [0.25, 0.3) is 0 Å². The standard InChI is InChI=1S/C34H35FN6O2/c35-29-30(27-16-25(42)15-23-5-1-2-6-26(23)27)37-17-28-31(29)38-33(43-20-34-8-3-11-41(34)12-4-9-34)39-32(28)40-18-21-13-22(7-10-36)24(14-21)19-40/h1-2,5-6,15-17,21-22,24,42H,3-4,7-9,11-14,18-20H2/t21-,22+,24+/m0/s1. The van der Waals surface area contributed by atoms with E-state index in [2.05, 4.69) is 25.8 Å². The van der Waals surface area contributed by atoms with Crippen LogP contribution in [0.4, 0.5) is 10.2 Å². The number of aromatic nitrogens is 3. The highest BCUT2D eigenvalue weighted by Gasteiger charge is 2.45. The van der Waals surface area contributed by atoms with Crippen molar-refractivity contribution in [3.05, 3.63) is 48.4 Å². The number of phenols is 1. The lowest BCUT2D eigenvalue weighted by molar-refractivity contribution is 0.108. The molecule has 2 bridgehead atoms. The molecular formula is C34H35FN6O2. The minimum Gasteiger partial charge on any atom is -0.508 e. The number of fused-ring (bicyclic) bond motifs is 5. The van der Waals surface area contributed by atoms with E-state index in [1.54, 1.807) is 18.3 Å². The van der Waals surface area contributed by atoms with Gasteiger partial charge in [0.1, 0.15) is 29.4 Å². The van der Waals surface area contributed by atoms with Crippen LogP contribution in [0.3, 0.4) is 0 Å². The number of aromatic hydroxyl groups is 1. The van der Waals surface area contributed by atoms with E-state index >= 15 is 4.39 Å². The summed E-state index contributed by atoms with van der Waals surface area (Å²) < 4.78 is 23.1. The Hall–Kier alpha value is -4.03. The minimum atomic E-state index is -0.550. The van der Waals surface area contributed by atoms with Crippen molar-refractivity contribution in [2.45, 2.75) is 50.5 Å². The zero-order valence-electron chi connectivity index (χ0n) is 24.2. The predicted octanol–water partition coefficient (Wildman–Crippen LogP) is 6.07. The zero-order chi connectivity index (χ0) is 29.1. The number of halogens is 1. The third-order valence-electron chi connectivity index (χ3n) is 10.6. The second kappa shape index (κ2) is 10.3. The average Bonchev–Trinajstić information content (AvgIpc) is 3.68. The second-order valence-corrected chi connectivity index (χ2v) is 13.1. The highest BCUT2D eigenvalue weighted by Crippen LogP contribution is 2.45. The van der Waals surface area contributed by atoms with Crippen LogP contribution in [0.5, 0.6) is 11.8 Å². The van der Waals surface area contributed by atoms with Crippen molar-refractivity contribution in [1.82, 2.24) is 19.9 Å². The number of phenolic OH excluding ortho intramolecular Hbond substituents is 1. The highest BCUT2D eigenvalue weighted by atomic mass is 19.1. The van der Waals surface area contributed by atoms with Crippen LogP contribution in [0.15, 0.2) is 42.6 Å². The van der Waals surface area contributed by atoms with Crippen molar-refractivity contribution in [3.8, 4) is 29.1 Å². The lowest BCUT2D eigenvalue weighted by Gasteiger charge is -2.34. The number of pyridine rings is 1. The Kier molecular flexibility index (Phi) is 6.37. The smallest absolute Gasteiger partial charge is 0.319 e. The molecule has 4 aliphatic rings. The molecule has 1 N–H and O–H groups in total. The Balaban J connectivity index is 1.23. The maximum atomic E-state index is 16.7. The van der Waals surface area contributed by atoms with Crippen molar-refractivity contribution < 1.29 is 14.2 Å². The number of rotatable bonds is 6. The van der Waals surface area contributed by atoms with Crippen LogP contribution in [-0.2, 0) is 0 Å². The fourth-order valence-corrected chi connectivity index (χ4v) is 8.59. The molecule has 3 atom stereocenters. The summed E-state index contributed by atoms with van der Waals surface area (Å²) in [6, 6.07) is 13.4. The van der Waals surface area contributed by atoms with E-state index in [0.717, 1.165) is 75.5 Å². The Labute approximate surface area is 250 Å². The molecule has 43 heavy (non-hydrogen) atoms. The van der Waals surface area contributed by atoms with E-state index in [1.165, 1.54) is 0 Å². The van der Waals surface area contributed by atoms with E-state index in [-0.39, 0.29) is 28.5 Å². The number of piperidine rings is 1. The van der Waals surface area contributed by atoms with E-state index in [9.17, 15) is 10.4 Å². The van der Waals surface area contributed by atoms with E-state index in [0.29, 0.717) is 47.5 Å². The minimum absolute atomic E-state index is 0.00958. The van der Waals surface area contributed by atoms with Crippen molar-refractivity contribution in [2.24, 2.45) is 17.8 Å². The number of benzene rings is 2. The van der Waals surface area contributed by atoms with Gasteiger partial charge in [-0.05, 0) is 92.3 Å². The first kappa shape index (κ1) is 26.6. The van der Waals surface area contributed by atoms with Crippen LogP contribution in [0.25, 0.3) is 32.9 Å². The van der Waals surface area contributed by atoms with Crippen LogP contribution in [0.2, 0.25) is 0 Å². The number of nitrogens with zero attached hydrogens (tertiary/aromatic N) is 6. The molecule has 0 amide bonds. The third-order valence-corrected chi connectivity index (χ3v) is 10.6. The molecule has 0 unspecified atom stereocenters. The normalized spacial score (nSPS) is 24.5. The maximum absolute atomic E-state index is 16.7. The summed E-state index contributed by atoms with van der Waals surface area (Å²) in [4.78, 5) is 19.0. The summed E-state index contributed by atoms with van der Waals surface area (Å²) in [5.41, 5.74) is 0.838. The first-order chi connectivity index (χ1) is 21.0. The first-order valence-corrected chi connectivity index (χ1v) is 15.6. The van der Waals surface area contributed by atoms with Crippen LogP contribution < -0.4 is 9.64 Å². The van der Waals surface area contributed by atoms with Crippen molar-refractivity contribution in [3.63, 3.8) is 0 Å². The maximum Gasteiger partial charge on any atom is 0.319 e. The Morgan fingerprint density at radius 2 is 1.91 bits per heavy atom. The number of anilines is 1. The first-order valence-electron chi connectivity index (χ1n) is 15.6. The monoisotopic (exact) mass is 578 g/mol. The quantitative estimate of drug-likeness (QED) is 0.294. The Morgan fingerprint density at radius 1 is 1.07 bits per heavy atom. The lowest BCUT2D eigenvalue weighted by Crippen LogP contribution is -2.43. The third kappa shape index (κ3) is 4.46. The number of hydrogen-bond donors (Lipinski definition) is 1. The van der Waals surface area contributed by atoms with Gasteiger partial charge in [-0.2, -0.15) is 15.2 Å². The Morgan fingerprint density at radius 3 is 2.74 bits per heavy atom. The van der Waals surface area contributed by atoms with Crippen molar-refractivity contribution in [2.75, 3.05) is 37.7 Å². The largest absolute Gasteiger partial charge is 0.508 e. The second-order valence-electron chi connectivity index (χ2n) is 13.1. The van der Waals surface area contributed by atoms with E-state index in [1.807, 2.05) is 24.3 Å². The fraction of sp³-hybridized carbons (Fsp3) is 0.471. The summed E-state index contributed by atoms with van der Waals surface area (Å²) in [6.45, 7) is 4.25. The number of ether oxygens (including phenoxy) is 1. The molecule has 1 saturated carbocycles. The summed E-state index contributed by atoms with van der Waals surface area (Å²) in [5.74, 6) is 1.43. The summed E-state index contributed by atoms with van der Waals surface area (Å²) in [5, 5.41) is 22.0. The van der Waals surface area contributed by atoms with Gasteiger partial charge in [-0.1, -0.05) is 24.3 Å². The molecule has 0 spiro atoms. The zero-order valence-corrected chi connectivity index (χ0v) is 24.2. The van der Waals surface area contributed by atoms with Crippen LogP contribution >= 0.6 is 0 Å². The van der Waals surface area contributed by atoms with E-state index < -0.39 is 5.82 Å². The van der Waals surface area contributed by atoms with Crippen molar-refractivity contribution >= 4 is 27.5 Å². The van der Waals surface area contributed by atoms with Gasteiger partial charge in [0.15, 0.2) is 5.82 Å². The molecule has 4 fully saturated rings. The van der Waals surface area contributed by atoms with Crippen LogP contribution in [-0.4, -0.2) is 63.3 Å². The molecule has 3 aliphatic heterocycles. The molecule has 220 valence electrons. The number of hydrogen-bond acceptors (Lipinski definition) is 8. The van der Waals surface area contributed by atoms with Gasteiger partial charge in [0.2, 0.25) is 0 Å². The molecule has 8 nitrogen and oxygen atoms in total. The molecule has 9 heteroatoms. The average molecular weight is 579 g/mol. The Bertz CT molecular complexity index is 1760. The van der Waals surface area contributed by atoms with Gasteiger partial charge in [-0.15, -0.1) is 0 Å². The van der Waals surface area contributed by atoms with Gasteiger partial charge >= 0.3 is 6.01 Å². The molecule has 1 aliphatic carbocycles. The van der Waals surface area contributed by atoms with Gasteiger partial charge in [-0.25, -0.2) is 4.39 Å². The highest BCUT2D eigenvalue weighted by molar-refractivity contribution is 5.99. The molecule has 2 aromatic heterocycles. The molecule has 0 radical (unpaired) electrons. The van der Waals surface area contributed by atoms with Gasteiger partial charge in [-0.3, -0.25) is 9.88 Å². The van der Waals surface area contributed by atoms with Crippen LogP contribution in [0, 0.1) is 34.9 Å². The number of nitriles is 1. The fourth-order valence-electron chi connectivity index (χ4n) is 8.59. The molecule has 4 aromatic rings.